The van der Waals surface area contributed by atoms with Gasteiger partial charge in [-0.1, -0.05) is 17.3 Å². The Morgan fingerprint density at radius 1 is 1.42 bits per heavy atom. The van der Waals surface area contributed by atoms with Crippen molar-refractivity contribution in [2.24, 2.45) is 0 Å². The molecule has 0 radical (unpaired) electrons. The molecule has 7 nitrogen and oxygen atoms in total. The summed E-state index contributed by atoms with van der Waals surface area (Å²) >= 11 is 0. The number of nitrogens with one attached hydrogen (secondary N) is 1. The number of halogens is 1. The molecule has 2 amide bonds. The Bertz CT molecular complexity index is 695. The topological polar surface area (TPSA) is 83.3 Å². The molecule has 0 unspecified atom stereocenters. The fourth-order valence-corrected chi connectivity index (χ4v) is 2.53. The van der Waals surface area contributed by atoms with Gasteiger partial charge in [0, 0.05) is 19.6 Å². The SMILES string of the molecule is C[C@@H](O)c1cn(C2CN(C(=O)NCCc3ccc(F)cc3)C2)nn1. The van der Waals surface area contributed by atoms with E-state index in [1.54, 1.807) is 34.8 Å². The Morgan fingerprint density at radius 3 is 2.75 bits per heavy atom. The molecular weight excluding hydrogens is 313 g/mol. The molecule has 0 saturated carbocycles. The second-order valence-corrected chi connectivity index (χ2v) is 5.97. The highest BCUT2D eigenvalue weighted by Gasteiger charge is 2.32. The molecule has 0 bridgehead atoms. The van der Waals surface area contributed by atoms with Crippen molar-refractivity contribution >= 4 is 6.03 Å². The molecule has 3 rings (SSSR count). The summed E-state index contributed by atoms with van der Waals surface area (Å²) in [5, 5.41) is 20.2. The van der Waals surface area contributed by atoms with Crippen LogP contribution in [0.4, 0.5) is 9.18 Å². The van der Waals surface area contributed by atoms with Gasteiger partial charge in [-0.25, -0.2) is 13.9 Å². The van der Waals surface area contributed by atoms with Crippen molar-refractivity contribution in [1.82, 2.24) is 25.2 Å². The van der Waals surface area contributed by atoms with E-state index in [4.69, 9.17) is 0 Å². The summed E-state index contributed by atoms with van der Waals surface area (Å²) in [4.78, 5) is 13.7. The van der Waals surface area contributed by atoms with E-state index in [9.17, 15) is 14.3 Å². The molecule has 1 aromatic carbocycles. The van der Waals surface area contributed by atoms with Crippen molar-refractivity contribution < 1.29 is 14.3 Å². The molecule has 0 aliphatic carbocycles. The van der Waals surface area contributed by atoms with Gasteiger partial charge in [-0.15, -0.1) is 5.10 Å². The van der Waals surface area contributed by atoms with Crippen LogP contribution in [0.1, 0.15) is 30.3 Å². The van der Waals surface area contributed by atoms with Crippen LogP contribution in [0.2, 0.25) is 0 Å². The largest absolute Gasteiger partial charge is 0.387 e. The number of urea groups is 1. The van der Waals surface area contributed by atoms with Crippen LogP contribution in [0, 0.1) is 5.82 Å². The smallest absolute Gasteiger partial charge is 0.317 e. The average molecular weight is 333 g/mol. The Morgan fingerprint density at radius 2 is 2.12 bits per heavy atom. The molecule has 1 fully saturated rings. The molecule has 1 aliphatic heterocycles. The minimum absolute atomic E-state index is 0.0906. The van der Waals surface area contributed by atoms with E-state index in [-0.39, 0.29) is 17.9 Å². The molecule has 1 aromatic heterocycles. The maximum absolute atomic E-state index is 12.8. The van der Waals surface area contributed by atoms with Crippen LogP contribution in [0.25, 0.3) is 0 Å². The number of amides is 2. The minimum Gasteiger partial charge on any atom is -0.387 e. The van der Waals surface area contributed by atoms with Gasteiger partial charge in [-0.3, -0.25) is 0 Å². The second-order valence-electron chi connectivity index (χ2n) is 5.97. The van der Waals surface area contributed by atoms with Gasteiger partial charge in [0.05, 0.1) is 18.3 Å². The quantitative estimate of drug-likeness (QED) is 0.863. The van der Waals surface area contributed by atoms with Gasteiger partial charge in [0.15, 0.2) is 0 Å². The highest BCUT2D eigenvalue weighted by atomic mass is 19.1. The third kappa shape index (κ3) is 3.70. The normalized spacial score (nSPS) is 15.9. The first-order valence-electron chi connectivity index (χ1n) is 7.90. The van der Waals surface area contributed by atoms with Gasteiger partial charge in [0.2, 0.25) is 0 Å². The van der Waals surface area contributed by atoms with E-state index in [1.807, 2.05) is 0 Å². The number of carbonyl (C=O) groups is 1. The van der Waals surface area contributed by atoms with Crippen molar-refractivity contribution in [2.75, 3.05) is 19.6 Å². The summed E-state index contributed by atoms with van der Waals surface area (Å²) in [5.41, 5.74) is 1.50. The van der Waals surface area contributed by atoms with Crippen LogP contribution in [0.15, 0.2) is 30.5 Å². The summed E-state index contributed by atoms with van der Waals surface area (Å²) in [5.74, 6) is -0.263. The Kier molecular flexibility index (Phi) is 4.75. The van der Waals surface area contributed by atoms with Crippen molar-refractivity contribution in [3.05, 3.63) is 47.5 Å². The number of hydrogen-bond donors (Lipinski definition) is 2. The highest BCUT2D eigenvalue weighted by Crippen LogP contribution is 2.21. The molecule has 1 saturated heterocycles. The number of hydrogen-bond acceptors (Lipinski definition) is 4. The maximum atomic E-state index is 12.8. The van der Waals surface area contributed by atoms with Gasteiger partial charge in [0.1, 0.15) is 11.5 Å². The molecule has 8 heteroatoms. The van der Waals surface area contributed by atoms with Crippen molar-refractivity contribution in [3.8, 4) is 0 Å². The first-order valence-corrected chi connectivity index (χ1v) is 7.90. The predicted molar refractivity (Wildman–Crippen MR) is 84.8 cm³/mol. The molecule has 128 valence electrons. The van der Waals surface area contributed by atoms with Crippen LogP contribution in [0.5, 0.6) is 0 Å². The number of rotatable bonds is 5. The van der Waals surface area contributed by atoms with Crippen LogP contribution < -0.4 is 5.32 Å². The lowest BCUT2D eigenvalue weighted by Gasteiger charge is -2.38. The zero-order valence-electron chi connectivity index (χ0n) is 13.4. The van der Waals surface area contributed by atoms with Crippen molar-refractivity contribution in [1.29, 1.82) is 0 Å². The molecule has 2 aromatic rings. The number of likely N-dealkylation sites (tertiary alicyclic amines) is 1. The molecular formula is C16H20FN5O2. The van der Waals surface area contributed by atoms with E-state index in [1.165, 1.54) is 12.1 Å². The molecule has 0 spiro atoms. The Hall–Kier alpha value is -2.48. The first-order chi connectivity index (χ1) is 11.5. The van der Waals surface area contributed by atoms with Crippen LogP contribution >= 0.6 is 0 Å². The van der Waals surface area contributed by atoms with Crippen LogP contribution in [0.3, 0.4) is 0 Å². The lowest BCUT2D eigenvalue weighted by atomic mass is 10.1. The fourth-order valence-electron chi connectivity index (χ4n) is 2.53. The number of benzene rings is 1. The van der Waals surface area contributed by atoms with Crippen LogP contribution in [-0.2, 0) is 6.42 Å². The first kappa shape index (κ1) is 16.4. The second kappa shape index (κ2) is 6.96. The van der Waals surface area contributed by atoms with E-state index in [0.717, 1.165) is 5.56 Å². The van der Waals surface area contributed by atoms with Gasteiger partial charge >= 0.3 is 6.03 Å². The van der Waals surface area contributed by atoms with E-state index >= 15 is 0 Å². The fraction of sp³-hybridized carbons (Fsp3) is 0.438. The highest BCUT2D eigenvalue weighted by molar-refractivity contribution is 5.75. The van der Waals surface area contributed by atoms with Gasteiger partial charge in [0.25, 0.3) is 0 Å². The van der Waals surface area contributed by atoms with Gasteiger partial charge < -0.3 is 15.3 Å². The number of aromatic nitrogens is 3. The summed E-state index contributed by atoms with van der Waals surface area (Å²) < 4.78 is 14.5. The lowest BCUT2D eigenvalue weighted by Crippen LogP contribution is -2.54. The standard InChI is InChI=1S/C16H20FN5O2/c1-11(23)15-10-22(20-19-15)14-8-21(9-14)16(24)18-7-6-12-2-4-13(17)5-3-12/h2-5,10-11,14,23H,6-9H2,1H3,(H,18,24)/t11-/m1/s1. The number of carbonyl (C=O) groups excluding carboxylic acids is 1. The monoisotopic (exact) mass is 333 g/mol. The summed E-state index contributed by atoms with van der Waals surface area (Å²) in [6.07, 6.45) is 1.72. The minimum atomic E-state index is -0.648. The molecule has 2 N–H and O–H groups in total. The number of nitrogens with zero attached hydrogens (tertiary/aromatic N) is 4. The number of aliphatic hydroxyl groups excluding tert-OH is 1. The third-order valence-electron chi connectivity index (χ3n) is 4.08. The Labute approximate surface area is 139 Å². The predicted octanol–water partition coefficient (Wildman–Crippen LogP) is 1.28. The summed E-state index contributed by atoms with van der Waals surface area (Å²) in [6.45, 7) is 3.26. The summed E-state index contributed by atoms with van der Waals surface area (Å²) in [6, 6.07) is 6.22. The van der Waals surface area contributed by atoms with Crippen LogP contribution in [-0.4, -0.2) is 50.7 Å². The third-order valence-corrected chi connectivity index (χ3v) is 4.08. The molecule has 24 heavy (non-hydrogen) atoms. The zero-order valence-corrected chi connectivity index (χ0v) is 13.4. The Balaban J connectivity index is 1.40. The van der Waals surface area contributed by atoms with E-state index in [2.05, 4.69) is 15.6 Å². The molecule has 1 atom stereocenters. The molecule has 1 aliphatic rings. The maximum Gasteiger partial charge on any atom is 0.317 e. The number of aliphatic hydroxyl groups is 1. The van der Waals surface area contributed by atoms with Crippen molar-refractivity contribution in [2.45, 2.75) is 25.5 Å². The lowest BCUT2D eigenvalue weighted by molar-refractivity contribution is 0.117. The van der Waals surface area contributed by atoms with E-state index in [0.29, 0.717) is 31.7 Å². The van der Waals surface area contributed by atoms with Gasteiger partial charge in [-0.05, 0) is 31.0 Å². The summed E-state index contributed by atoms with van der Waals surface area (Å²) in [7, 11) is 0. The molecule has 2 heterocycles. The van der Waals surface area contributed by atoms with Crippen molar-refractivity contribution in [3.63, 3.8) is 0 Å². The van der Waals surface area contributed by atoms with E-state index < -0.39 is 6.10 Å². The van der Waals surface area contributed by atoms with Gasteiger partial charge in [-0.2, -0.15) is 0 Å². The zero-order chi connectivity index (χ0) is 17.1. The average Bonchev–Trinajstić information content (AvgIpc) is 2.97.